The van der Waals surface area contributed by atoms with Crippen LogP contribution in [0.15, 0.2) is 0 Å². The van der Waals surface area contributed by atoms with E-state index >= 15 is 0 Å². The van der Waals surface area contributed by atoms with Gasteiger partial charge in [-0.15, -0.1) is 0 Å². The van der Waals surface area contributed by atoms with E-state index in [0.29, 0.717) is 12.0 Å². The third-order valence-corrected chi connectivity index (χ3v) is 3.22. The Morgan fingerprint density at radius 1 is 1.58 bits per heavy atom. The van der Waals surface area contributed by atoms with Gasteiger partial charge in [0, 0.05) is 12.6 Å². The molecule has 3 atom stereocenters. The molecule has 2 nitrogen and oxygen atoms in total. The smallest absolute Gasteiger partial charge is 0.0805 e. The highest BCUT2D eigenvalue weighted by Gasteiger charge is 2.55. The molecule has 0 radical (unpaired) electrons. The number of nitrogens with one attached hydrogen (secondary N) is 1. The van der Waals surface area contributed by atoms with Gasteiger partial charge in [-0.25, -0.2) is 0 Å². The molecular weight excluding hydrogens is 150 g/mol. The van der Waals surface area contributed by atoms with Crippen molar-refractivity contribution in [2.24, 2.45) is 11.8 Å². The third kappa shape index (κ3) is 1.50. The molecular formula is C10H19NO. The van der Waals surface area contributed by atoms with E-state index in [4.69, 9.17) is 0 Å². The highest BCUT2D eigenvalue weighted by atomic mass is 16.3. The minimum absolute atomic E-state index is 0.298. The summed E-state index contributed by atoms with van der Waals surface area (Å²) >= 11 is 0. The van der Waals surface area contributed by atoms with Crippen LogP contribution in [0.1, 0.15) is 33.1 Å². The highest BCUT2D eigenvalue weighted by molar-refractivity contribution is 5.09. The quantitative estimate of drug-likeness (QED) is 0.650. The summed E-state index contributed by atoms with van der Waals surface area (Å²) in [5.74, 6) is 1.38. The highest BCUT2D eigenvalue weighted by Crippen LogP contribution is 2.48. The van der Waals surface area contributed by atoms with Crippen LogP contribution in [0.4, 0.5) is 0 Å². The molecule has 70 valence electrons. The van der Waals surface area contributed by atoms with E-state index in [2.05, 4.69) is 19.2 Å². The third-order valence-electron chi connectivity index (χ3n) is 3.22. The lowest BCUT2D eigenvalue weighted by Gasteiger charge is -2.27. The summed E-state index contributed by atoms with van der Waals surface area (Å²) in [4.78, 5) is 0. The van der Waals surface area contributed by atoms with Gasteiger partial charge in [0.05, 0.1) is 5.60 Å². The molecule has 0 bridgehead atoms. The average molecular weight is 169 g/mol. The van der Waals surface area contributed by atoms with E-state index in [0.717, 1.165) is 18.9 Å². The monoisotopic (exact) mass is 169 g/mol. The van der Waals surface area contributed by atoms with Crippen molar-refractivity contribution in [2.45, 2.75) is 44.8 Å². The van der Waals surface area contributed by atoms with Crippen LogP contribution in [0.25, 0.3) is 0 Å². The van der Waals surface area contributed by atoms with E-state index in [-0.39, 0.29) is 5.60 Å². The number of hydrogen-bond acceptors (Lipinski definition) is 2. The number of piperidine rings is 1. The molecule has 12 heavy (non-hydrogen) atoms. The lowest BCUT2D eigenvalue weighted by atomic mass is 9.95. The first-order chi connectivity index (χ1) is 5.60. The second-order valence-electron chi connectivity index (χ2n) is 4.95. The zero-order valence-electron chi connectivity index (χ0n) is 8.01. The van der Waals surface area contributed by atoms with Gasteiger partial charge in [-0.2, -0.15) is 0 Å². The first-order valence-electron chi connectivity index (χ1n) is 5.06. The van der Waals surface area contributed by atoms with Crippen LogP contribution in [-0.2, 0) is 0 Å². The van der Waals surface area contributed by atoms with Gasteiger partial charge in [-0.05, 0) is 31.1 Å². The van der Waals surface area contributed by atoms with E-state index in [1.165, 1.54) is 12.8 Å². The molecule has 1 aliphatic carbocycles. The number of hydrogen-bond donors (Lipinski definition) is 2. The van der Waals surface area contributed by atoms with Gasteiger partial charge in [0.25, 0.3) is 0 Å². The second kappa shape index (κ2) is 2.71. The summed E-state index contributed by atoms with van der Waals surface area (Å²) in [7, 11) is 0. The van der Waals surface area contributed by atoms with E-state index in [9.17, 15) is 5.11 Å². The molecule has 2 aliphatic rings. The van der Waals surface area contributed by atoms with Crippen LogP contribution >= 0.6 is 0 Å². The Balaban J connectivity index is 1.82. The first kappa shape index (κ1) is 8.52. The molecule has 2 rings (SSSR count). The van der Waals surface area contributed by atoms with Crippen LogP contribution in [0.2, 0.25) is 0 Å². The maximum atomic E-state index is 9.74. The molecule has 0 aromatic rings. The number of fused-ring (bicyclic) bond motifs is 1. The molecule has 1 saturated carbocycles. The average Bonchev–Trinajstić information content (AvgIpc) is 2.59. The van der Waals surface area contributed by atoms with Gasteiger partial charge in [0.2, 0.25) is 0 Å². The Morgan fingerprint density at radius 2 is 2.33 bits per heavy atom. The van der Waals surface area contributed by atoms with Crippen LogP contribution < -0.4 is 5.32 Å². The fraction of sp³-hybridized carbons (Fsp3) is 1.00. The van der Waals surface area contributed by atoms with Crippen molar-refractivity contribution < 1.29 is 5.11 Å². The Bertz CT molecular complexity index is 181. The van der Waals surface area contributed by atoms with Crippen LogP contribution in [0.3, 0.4) is 0 Å². The van der Waals surface area contributed by atoms with E-state index < -0.39 is 0 Å². The topological polar surface area (TPSA) is 32.3 Å². The molecule has 1 unspecified atom stereocenters. The molecule has 0 spiro atoms. The van der Waals surface area contributed by atoms with Gasteiger partial charge in [-0.3, -0.25) is 0 Å². The van der Waals surface area contributed by atoms with Crippen LogP contribution in [-0.4, -0.2) is 23.3 Å². The van der Waals surface area contributed by atoms with E-state index in [1.54, 1.807) is 0 Å². The van der Waals surface area contributed by atoms with Gasteiger partial charge < -0.3 is 10.4 Å². The number of β-amino-alcohol motifs (C(OH)–C–C–N with tert-alkyl or cyclic N) is 1. The molecule has 1 heterocycles. The molecule has 1 saturated heterocycles. The van der Waals surface area contributed by atoms with Crippen LogP contribution in [0, 0.1) is 11.8 Å². The summed E-state index contributed by atoms with van der Waals surface area (Å²) in [6, 6.07) is 0.665. The van der Waals surface area contributed by atoms with Crippen molar-refractivity contribution in [1.82, 2.24) is 5.32 Å². The fourth-order valence-corrected chi connectivity index (χ4v) is 2.38. The van der Waals surface area contributed by atoms with Crippen molar-refractivity contribution in [3.8, 4) is 0 Å². The number of aliphatic hydroxyl groups is 1. The summed E-state index contributed by atoms with van der Waals surface area (Å²) in [6.07, 6.45) is 3.48. The maximum Gasteiger partial charge on any atom is 0.0805 e. The lowest BCUT2D eigenvalue weighted by Crippen LogP contribution is -2.43. The molecule has 2 N–H and O–H groups in total. The predicted octanol–water partition coefficient (Wildman–Crippen LogP) is 1.15. The normalized spacial score (nSPS) is 46.0. The minimum Gasteiger partial charge on any atom is -0.388 e. The zero-order chi connectivity index (χ0) is 8.77. The Morgan fingerprint density at radius 3 is 2.92 bits per heavy atom. The standard InChI is InChI=1S/C10H19NO/c1-7(2)3-9-4-8-5-10(8,12)6-11-9/h7-9,11-12H,3-6H2,1-2H3/t8-,9?,10+/m0/s1. The van der Waals surface area contributed by atoms with E-state index in [1.807, 2.05) is 0 Å². The van der Waals surface area contributed by atoms with Gasteiger partial charge in [0.1, 0.15) is 0 Å². The summed E-state index contributed by atoms with van der Waals surface area (Å²) in [5, 5.41) is 13.2. The molecule has 0 aromatic heterocycles. The Kier molecular flexibility index (Phi) is 1.92. The molecule has 2 fully saturated rings. The summed E-state index contributed by atoms with van der Waals surface area (Å²) in [5.41, 5.74) is -0.298. The van der Waals surface area contributed by atoms with Crippen LogP contribution in [0.5, 0.6) is 0 Å². The van der Waals surface area contributed by atoms with Crippen molar-refractivity contribution in [2.75, 3.05) is 6.54 Å². The second-order valence-corrected chi connectivity index (χ2v) is 4.95. The van der Waals surface area contributed by atoms with Crippen molar-refractivity contribution in [3.05, 3.63) is 0 Å². The molecule has 0 aromatic carbocycles. The number of rotatable bonds is 2. The van der Waals surface area contributed by atoms with Crippen molar-refractivity contribution in [3.63, 3.8) is 0 Å². The van der Waals surface area contributed by atoms with Crippen molar-refractivity contribution >= 4 is 0 Å². The largest absolute Gasteiger partial charge is 0.388 e. The molecule has 0 amide bonds. The SMILES string of the molecule is CC(C)CC1C[C@H]2C[C@@]2(O)CN1. The predicted molar refractivity (Wildman–Crippen MR) is 48.9 cm³/mol. The van der Waals surface area contributed by atoms with Gasteiger partial charge in [0.15, 0.2) is 0 Å². The summed E-state index contributed by atoms with van der Waals surface area (Å²) in [6.45, 7) is 5.35. The van der Waals surface area contributed by atoms with Gasteiger partial charge in [-0.1, -0.05) is 13.8 Å². The van der Waals surface area contributed by atoms with Crippen molar-refractivity contribution in [1.29, 1.82) is 0 Å². The maximum absolute atomic E-state index is 9.74. The minimum atomic E-state index is -0.298. The Labute approximate surface area is 74.4 Å². The van der Waals surface area contributed by atoms with Gasteiger partial charge >= 0.3 is 0 Å². The molecule has 1 aliphatic heterocycles. The summed E-state index contributed by atoms with van der Waals surface area (Å²) < 4.78 is 0. The fourth-order valence-electron chi connectivity index (χ4n) is 2.38. The lowest BCUT2D eigenvalue weighted by molar-refractivity contribution is 0.0979. The molecule has 2 heteroatoms. The Hall–Kier alpha value is -0.0800. The zero-order valence-corrected chi connectivity index (χ0v) is 8.01. The first-order valence-corrected chi connectivity index (χ1v) is 5.06.